The van der Waals surface area contributed by atoms with Crippen LogP contribution in [0, 0.1) is 0 Å². The molecule has 0 unspecified atom stereocenters. The molecule has 0 radical (unpaired) electrons. The molecule has 30 heavy (non-hydrogen) atoms. The predicted molar refractivity (Wildman–Crippen MR) is 111 cm³/mol. The lowest BCUT2D eigenvalue weighted by molar-refractivity contribution is 0.0697. The van der Waals surface area contributed by atoms with E-state index in [4.69, 9.17) is 4.74 Å². The van der Waals surface area contributed by atoms with Crippen LogP contribution in [0.25, 0.3) is 0 Å². The molecule has 1 aliphatic heterocycles. The van der Waals surface area contributed by atoms with Crippen LogP contribution >= 0.6 is 0 Å². The fraction of sp³-hybridized carbons (Fsp3) is 0.450. The first-order valence-electron chi connectivity index (χ1n) is 9.80. The molecule has 1 aliphatic rings. The fourth-order valence-corrected chi connectivity index (χ4v) is 4.51. The van der Waals surface area contributed by atoms with Crippen LogP contribution in [0.3, 0.4) is 0 Å². The van der Waals surface area contributed by atoms with Crippen LogP contribution in [-0.4, -0.2) is 66.1 Å². The Morgan fingerprint density at radius 3 is 2.47 bits per heavy atom. The molecule has 0 saturated carbocycles. The van der Waals surface area contributed by atoms with Gasteiger partial charge >= 0.3 is 5.97 Å². The first-order valence-corrected chi connectivity index (χ1v) is 11.2. The number of sulfonamides is 1. The third kappa shape index (κ3) is 5.32. The third-order valence-corrected chi connectivity index (χ3v) is 6.58. The molecule has 0 spiro atoms. The van der Waals surface area contributed by atoms with Gasteiger partial charge in [0.2, 0.25) is 10.0 Å². The van der Waals surface area contributed by atoms with Gasteiger partial charge < -0.3 is 15.2 Å². The summed E-state index contributed by atoms with van der Waals surface area (Å²) in [4.78, 5) is 20.1. The Balaban J connectivity index is 1.68. The number of anilines is 1. The van der Waals surface area contributed by atoms with Crippen LogP contribution in [0.1, 0.15) is 35.6 Å². The van der Waals surface area contributed by atoms with Crippen LogP contribution in [0.4, 0.5) is 5.82 Å². The van der Waals surface area contributed by atoms with E-state index >= 15 is 0 Å². The Labute approximate surface area is 176 Å². The van der Waals surface area contributed by atoms with E-state index in [9.17, 15) is 18.3 Å². The van der Waals surface area contributed by atoms with Crippen molar-refractivity contribution >= 4 is 21.8 Å². The molecule has 9 nitrogen and oxygen atoms in total. The van der Waals surface area contributed by atoms with Crippen molar-refractivity contribution in [2.45, 2.75) is 37.6 Å². The lowest BCUT2D eigenvalue weighted by Crippen LogP contribution is -2.40. The number of hydrogen-bond donors (Lipinski definition) is 2. The van der Waals surface area contributed by atoms with Crippen molar-refractivity contribution in [1.82, 2.24) is 14.3 Å². The Kier molecular flexibility index (Phi) is 7.01. The first-order chi connectivity index (χ1) is 14.3. The van der Waals surface area contributed by atoms with Gasteiger partial charge in [0, 0.05) is 31.7 Å². The maximum atomic E-state index is 12.7. The van der Waals surface area contributed by atoms with Gasteiger partial charge in [0.1, 0.15) is 17.2 Å². The topological polar surface area (TPSA) is 122 Å². The van der Waals surface area contributed by atoms with Gasteiger partial charge in [-0.05, 0) is 38.0 Å². The van der Waals surface area contributed by atoms with E-state index in [1.165, 1.54) is 10.5 Å². The number of aromatic nitrogens is 2. The average Bonchev–Trinajstić information content (AvgIpc) is 2.72. The summed E-state index contributed by atoms with van der Waals surface area (Å²) < 4.78 is 32.0. The molecule has 2 N–H and O–H groups in total. The molecule has 2 aromatic rings. The maximum Gasteiger partial charge on any atom is 0.341 e. The molecule has 1 aromatic heterocycles. The molecule has 3 rings (SSSR count). The first kappa shape index (κ1) is 22.1. The zero-order chi connectivity index (χ0) is 21.7. The zero-order valence-electron chi connectivity index (χ0n) is 17.0. The van der Waals surface area contributed by atoms with E-state index in [-0.39, 0.29) is 16.5 Å². The number of nitrogens with one attached hydrogen (secondary N) is 1. The van der Waals surface area contributed by atoms with Gasteiger partial charge in [-0.2, -0.15) is 4.31 Å². The van der Waals surface area contributed by atoms with Crippen molar-refractivity contribution in [3.05, 3.63) is 47.4 Å². The number of aromatic carboxylic acids is 1. The third-order valence-electron chi connectivity index (χ3n) is 4.66. The Morgan fingerprint density at radius 2 is 1.87 bits per heavy atom. The highest BCUT2D eigenvalue weighted by atomic mass is 32.2. The number of carbonyl (C=O) groups is 1. The van der Waals surface area contributed by atoms with Gasteiger partial charge in [-0.1, -0.05) is 12.1 Å². The lowest BCUT2D eigenvalue weighted by atomic mass is 10.1. The monoisotopic (exact) mass is 434 g/mol. The molecule has 162 valence electrons. The summed E-state index contributed by atoms with van der Waals surface area (Å²) in [5.41, 5.74) is 0.977. The summed E-state index contributed by atoms with van der Waals surface area (Å²) >= 11 is 0. The molecule has 1 fully saturated rings. The number of carboxylic acid groups (broad SMARTS) is 1. The SMILES string of the molecule is CC(C)Nc1nc(CCc2ccc(S(=O)(=O)N3CCOCC3)cc2)ncc1C(=O)O. The number of carboxylic acids is 1. The highest BCUT2D eigenvalue weighted by molar-refractivity contribution is 7.89. The molecule has 0 aliphatic carbocycles. The van der Waals surface area contributed by atoms with E-state index < -0.39 is 16.0 Å². The molecule has 10 heteroatoms. The van der Waals surface area contributed by atoms with E-state index in [1.807, 2.05) is 13.8 Å². The largest absolute Gasteiger partial charge is 0.477 e. The molecule has 1 saturated heterocycles. The molecule has 2 heterocycles. The molecule has 0 bridgehead atoms. The van der Waals surface area contributed by atoms with Gasteiger partial charge in [-0.25, -0.2) is 23.2 Å². The number of hydrogen-bond acceptors (Lipinski definition) is 7. The van der Waals surface area contributed by atoms with Crippen molar-refractivity contribution < 1.29 is 23.1 Å². The van der Waals surface area contributed by atoms with Crippen molar-refractivity contribution in [2.24, 2.45) is 0 Å². The molecule has 0 atom stereocenters. The maximum absolute atomic E-state index is 12.7. The highest BCUT2D eigenvalue weighted by Gasteiger charge is 2.26. The number of ether oxygens (including phenoxy) is 1. The van der Waals surface area contributed by atoms with Crippen LogP contribution in [-0.2, 0) is 27.6 Å². The molecule has 1 aromatic carbocycles. The smallest absolute Gasteiger partial charge is 0.341 e. The van der Waals surface area contributed by atoms with E-state index in [1.54, 1.807) is 24.3 Å². The summed E-state index contributed by atoms with van der Waals surface area (Å²) in [6.45, 7) is 5.35. The Hall–Kier alpha value is -2.56. The van der Waals surface area contributed by atoms with Crippen LogP contribution in [0.5, 0.6) is 0 Å². The minimum atomic E-state index is -3.51. The lowest BCUT2D eigenvalue weighted by Gasteiger charge is -2.26. The number of morpholine rings is 1. The van der Waals surface area contributed by atoms with Crippen molar-refractivity contribution in [3.63, 3.8) is 0 Å². The second-order valence-corrected chi connectivity index (χ2v) is 9.25. The summed E-state index contributed by atoms with van der Waals surface area (Å²) in [7, 11) is -3.51. The summed E-state index contributed by atoms with van der Waals surface area (Å²) in [6.07, 6.45) is 2.42. The second-order valence-electron chi connectivity index (χ2n) is 7.31. The van der Waals surface area contributed by atoms with Gasteiger partial charge in [-0.3, -0.25) is 0 Å². The Morgan fingerprint density at radius 1 is 1.20 bits per heavy atom. The van der Waals surface area contributed by atoms with Gasteiger partial charge in [0.15, 0.2) is 0 Å². The standard InChI is InChI=1S/C20H26N4O5S/c1-14(2)22-19-17(20(25)26)13-21-18(23-19)8-5-15-3-6-16(7-4-15)30(27,28)24-9-11-29-12-10-24/h3-4,6-7,13-14H,5,8-12H2,1-2H3,(H,25,26)(H,21,22,23). The van der Waals surface area contributed by atoms with E-state index in [0.717, 1.165) is 5.56 Å². The minimum absolute atomic E-state index is 0.0325. The van der Waals surface area contributed by atoms with Gasteiger partial charge in [-0.15, -0.1) is 0 Å². The van der Waals surface area contributed by atoms with Crippen LogP contribution in [0.2, 0.25) is 0 Å². The summed E-state index contributed by atoms with van der Waals surface area (Å²) in [6, 6.07) is 6.82. The number of benzene rings is 1. The molecular formula is C20H26N4O5S. The molecule has 0 amide bonds. The van der Waals surface area contributed by atoms with Crippen LogP contribution in [0.15, 0.2) is 35.4 Å². The summed E-state index contributed by atoms with van der Waals surface area (Å²) in [5.74, 6) is -0.260. The average molecular weight is 435 g/mol. The quantitative estimate of drug-likeness (QED) is 0.645. The minimum Gasteiger partial charge on any atom is -0.477 e. The van der Waals surface area contributed by atoms with Gasteiger partial charge in [0.05, 0.1) is 18.1 Å². The van der Waals surface area contributed by atoms with Crippen molar-refractivity contribution in [3.8, 4) is 0 Å². The zero-order valence-corrected chi connectivity index (χ0v) is 17.9. The predicted octanol–water partition coefficient (Wildman–Crippen LogP) is 1.80. The van der Waals surface area contributed by atoms with E-state index in [0.29, 0.717) is 50.8 Å². The van der Waals surface area contributed by atoms with Crippen molar-refractivity contribution in [2.75, 3.05) is 31.6 Å². The fourth-order valence-electron chi connectivity index (χ4n) is 3.10. The van der Waals surface area contributed by atoms with Gasteiger partial charge in [0.25, 0.3) is 0 Å². The normalized spacial score (nSPS) is 15.3. The second kappa shape index (κ2) is 9.50. The van der Waals surface area contributed by atoms with Crippen LogP contribution < -0.4 is 5.32 Å². The highest BCUT2D eigenvalue weighted by Crippen LogP contribution is 2.19. The van der Waals surface area contributed by atoms with Crippen molar-refractivity contribution in [1.29, 1.82) is 0 Å². The molecular weight excluding hydrogens is 408 g/mol. The Bertz CT molecular complexity index is 987. The number of nitrogens with zero attached hydrogens (tertiary/aromatic N) is 3. The number of aryl methyl sites for hydroxylation is 2. The number of rotatable bonds is 8. The van der Waals surface area contributed by atoms with E-state index in [2.05, 4.69) is 15.3 Å². The summed E-state index contributed by atoms with van der Waals surface area (Å²) in [5, 5.41) is 12.3.